The van der Waals surface area contributed by atoms with E-state index in [0.29, 0.717) is 0 Å². The zero-order valence-corrected chi connectivity index (χ0v) is 27.7. The number of thiophene rings is 2. The number of anilines is 3. The van der Waals surface area contributed by atoms with Crippen molar-refractivity contribution in [3.63, 3.8) is 0 Å². The van der Waals surface area contributed by atoms with E-state index >= 15 is 0 Å². The minimum atomic E-state index is 0.0238. The molecule has 0 aliphatic heterocycles. The second-order valence-corrected chi connectivity index (χ2v) is 14.3. The summed E-state index contributed by atoms with van der Waals surface area (Å²) in [5.74, 6) is 0. The first-order chi connectivity index (χ1) is 21.7. The molecule has 0 spiro atoms. The lowest BCUT2D eigenvalue weighted by molar-refractivity contribution is 0.112. The van der Waals surface area contributed by atoms with Gasteiger partial charge in [-0.1, -0.05) is 114 Å². The average molecular weight is 618 g/mol. The Morgan fingerprint density at radius 1 is 0.614 bits per heavy atom. The maximum atomic E-state index is 12.0. The van der Waals surface area contributed by atoms with Crippen molar-refractivity contribution < 1.29 is 4.79 Å². The molecule has 4 heteroatoms. The molecular weight excluding hydrogens is 575 g/mol. The second-order valence-electron chi connectivity index (χ2n) is 12.1. The molecule has 0 saturated carbocycles. The van der Waals surface area contributed by atoms with E-state index in [2.05, 4.69) is 116 Å². The highest BCUT2D eigenvalue weighted by Crippen LogP contribution is 2.60. The molecule has 0 fully saturated rings. The number of hydrogen-bond acceptors (Lipinski definition) is 4. The Kier molecular flexibility index (Phi) is 9.79. The maximum absolute atomic E-state index is 12.0. The van der Waals surface area contributed by atoms with Crippen molar-refractivity contribution in [3.05, 3.63) is 113 Å². The molecule has 2 nitrogen and oxygen atoms in total. The van der Waals surface area contributed by atoms with Crippen LogP contribution < -0.4 is 4.90 Å². The Labute approximate surface area is 271 Å². The van der Waals surface area contributed by atoms with Gasteiger partial charge in [0.25, 0.3) is 0 Å². The molecule has 2 heterocycles. The Morgan fingerprint density at radius 2 is 1.14 bits per heavy atom. The van der Waals surface area contributed by atoms with Crippen molar-refractivity contribution in [1.29, 1.82) is 0 Å². The third-order valence-electron chi connectivity index (χ3n) is 9.19. The van der Waals surface area contributed by atoms with Crippen LogP contribution in [0.15, 0.2) is 97.1 Å². The van der Waals surface area contributed by atoms with Crippen molar-refractivity contribution in [2.45, 2.75) is 83.5 Å². The van der Waals surface area contributed by atoms with E-state index in [1.54, 1.807) is 11.3 Å². The molecule has 0 bridgehead atoms. The first-order valence-electron chi connectivity index (χ1n) is 16.4. The van der Waals surface area contributed by atoms with Crippen molar-refractivity contribution in [1.82, 2.24) is 0 Å². The van der Waals surface area contributed by atoms with Crippen LogP contribution in [-0.4, -0.2) is 6.29 Å². The van der Waals surface area contributed by atoms with Crippen molar-refractivity contribution in [2.24, 2.45) is 0 Å². The van der Waals surface area contributed by atoms with Crippen LogP contribution in [0.25, 0.3) is 20.2 Å². The number of para-hydroxylation sites is 2. The summed E-state index contributed by atoms with van der Waals surface area (Å²) in [5.41, 5.74) is 7.67. The fourth-order valence-electron chi connectivity index (χ4n) is 6.94. The fourth-order valence-corrected chi connectivity index (χ4v) is 9.44. The highest BCUT2D eigenvalue weighted by molar-refractivity contribution is 7.25. The number of rotatable bonds is 15. The van der Waals surface area contributed by atoms with Crippen LogP contribution in [-0.2, 0) is 5.41 Å². The molecule has 1 aliphatic carbocycles. The van der Waals surface area contributed by atoms with E-state index in [4.69, 9.17) is 0 Å². The number of hydrogen-bond donors (Lipinski definition) is 0. The minimum Gasteiger partial charge on any atom is -0.311 e. The quantitative estimate of drug-likeness (QED) is 0.0860. The van der Waals surface area contributed by atoms with Crippen LogP contribution >= 0.6 is 22.7 Å². The molecule has 0 radical (unpaired) electrons. The predicted octanol–water partition coefficient (Wildman–Crippen LogP) is 13.0. The molecule has 0 atom stereocenters. The van der Waals surface area contributed by atoms with E-state index in [1.807, 2.05) is 11.3 Å². The van der Waals surface area contributed by atoms with E-state index < -0.39 is 0 Å². The zero-order chi connectivity index (χ0) is 30.4. The normalized spacial score (nSPS) is 13.0. The molecule has 1 aliphatic rings. The Balaban J connectivity index is 1.37. The molecule has 2 aromatic heterocycles. The molecule has 226 valence electrons. The first-order valence-corrected chi connectivity index (χ1v) is 18.1. The summed E-state index contributed by atoms with van der Waals surface area (Å²) < 4.78 is 0. The van der Waals surface area contributed by atoms with Gasteiger partial charge in [-0.2, -0.15) is 0 Å². The zero-order valence-electron chi connectivity index (χ0n) is 26.1. The number of nitrogens with zero attached hydrogens (tertiary/aromatic N) is 1. The molecule has 6 rings (SSSR count). The van der Waals surface area contributed by atoms with Gasteiger partial charge in [0.1, 0.15) is 0 Å². The second kappa shape index (κ2) is 14.1. The highest BCUT2D eigenvalue weighted by Gasteiger charge is 2.45. The van der Waals surface area contributed by atoms with Crippen molar-refractivity contribution >= 4 is 46.0 Å². The number of fused-ring (bicyclic) bond motifs is 3. The largest absolute Gasteiger partial charge is 0.311 e. The Bertz CT molecular complexity index is 1600. The number of carbonyl (C=O) groups is 1. The average Bonchev–Trinajstić information content (AvgIpc) is 3.76. The maximum Gasteiger partial charge on any atom is 0.160 e. The summed E-state index contributed by atoms with van der Waals surface area (Å²) in [4.78, 5) is 19.2. The van der Waals surface area contributed by atoms with Gasteiger partial charge in [0.15, 0.2) is 6.29 Å². The van der Waals surface area contributed by atoms with Gasteiger partial charge in [0.05, 0.1) is 4.88 Å². The summed E-state index contributed by atoms with van der Waals surface area (Å²) in [6, 6.07) is 35.0. The van der Waals surface area contributed by atoms with Gasteiger partial charge in [-0.15, -0.1) is 22.7 Å². The van der Waals surface area contributed by atoms with Crippen LogP contribution in [0.4, 0.5) is 17.1 Å². The molecule has 0 unspecified atom stereocenters. The summed E-state index contributed by atoms with van der Waals surface area (Å²) in [5, 5.41) is 0. The van der Waals surface area contributed by atoms with E-state index in [9.17, 15) is 4.79 Å². The lowest BCUT2D eigenvalue weighted by Crippen LogP contribution is -2.25. The predicted molar refractivity (Wildman–Crippen MR) is 191 cm³/mol. The van der Waals surface area contributed by atoms with E-state index in [1.165, 1.54) is 95.5 Å². The molecule has 5 aromatic rings. The summed E-state index contributed by atoms with van der Waals surface area (Å²) >= 11 is 3.62. The van der Waals surface area contributed by atoms with Crippen LogP contribution in [0.3, 0.4) is 0 Å². The molecule has 44 heavy (non-hydrogen) atoms. The lowest BCUT2D eigenvalue weighted by atomic mass is 9.71. The van der Waals surface area contributed by atoms with Gasteiger partial charge in [-0.25, -0.2) is 0 Å². The summed E-state index contributed by atoms with van der Waals surface area (Å²) in [6.45, 7) is 4.58. The smallest absolute Gasteiger partial charge is 0.160 e. The van der Waals surface area contributed by atoms with Gasteiger partial charge >= 0.3 is 0 Å². The minimum absolute atomic E-state index is 0.0238. The van der Waals surface area contributed by atoms with Crippen LogP contribution in [0, 0.1) is 0 Å². The van der Waals surface area contributed by atoms with Gasteiger partial charge in [0, 0.05) is 37.1 Å². The van der Waals surface area contributed by atoms with Gasteiger partial charge in [-0.05, 0) is 78.1 Å². The fraction of sp³-hybridized carbons (Fsp3) is 0.325. The van der Waals surface area contributed by atoms with Crippen LogP contribution in [0.1, 0.15) is 98.9 Å². The molecular formula is C40H43NOS2. The standard InChI is InChI=1S/C40H43NOS2/c1-3-5-7-15-25-40(26-16-8-6-4-2)35-27-34(29-42)43-38(35)39-36(40)28-37(44-39)30-21-23-33(24-22-30)41(31-17-11-9-12-18-31)32-19-13-10-14-20-32/h9-14,17-24,27-29H,3-8,15-16,25-26H2,1-2H3. The van der Waals surface area contributed by atoms with Crippen LogP contribution in [0.2, 0.25) is 0 Å². The highest BCUT2D eigenvalue weighted by atomic mass is 32.1. The SMILES string of the molecule is CCCCCCC1(CCCCCC)c2cc(C=O)sc2-c2sc(-c3ccc(N(c4ccccc4)c4ccccc4)cc3)cc21. The Morgan fingerprint density at radius 3 is 1.68 bits per heavy atom. The summed E-state index contributed by atoms with van der Waals surface area (Å²) in [7, 11) is 0. The van der Waals surface area contributed by atoms with Gasteiger partial charge in [0.2, 0.25) is 0 Å². The van der Waals surface area contributed by atoms with Crippen LogP contribution in [0.5, 0.6) is 0 Å². The molecule has 0 saturated heterocycles. The third-order valence-corrected chi connectivity index (χ3v) is 11.6. The number of benzene rings is 3. The topological polar surface area (TPSA) is 20.3 Å². The number of aldehydes is 1. The van der Waals surface area contributed by atoms with E-state index in [0.717, 1.165) is 28.2 Å². The lowest BCUT2D eigenvalue weighted by Gasteiger charge is -2.31. The molecule has 3 aromatic carbocycles. The Hall–Kier alpha value is -3.47. The monoisotopic (exact) mass is 617 g/mol. The number of unbranched alkanes of at least 4 members (excludes halogenated alkanes) is 6. The first kappa shape index (κ1) is 30.6. The van der Waals surface area contributed by atoms with Gasteiger partial charge < -0.3 is 4.90 Å². The third kappa shape index (κ3) is 6.07. The van der Waals surface area contributed by atoms with Crippen molar-refractivity contribution in [2.75, 3.05) is 4.90 Å². The number of carbonyl (C=O) groups excluding carboxylic acids is 1. The van der Waals surface area contributed by atoms with Crippen molar-refractivity contribution in [3.8, 4) is 20.2 Å². The van der Waals surface area contributed by atoms with Gasteiger partial charge in [-0.3, -0.25) is 4.79 Å². The summed E-state index contributed by atoms with van der Waals surface area (Å²) in [6.07, 6.45) is 13.5. The molecule has 0 N–H and O–H groups in total. The molecule has 0 amide bonds. The van der Waals surface area contributed by atoms with E-state index in [-0.39, 0.29) is 5.41 Å².